The fraction of sp³-hybridized carbons (Fsp3) is 0. The number of hydrogen-bond donors (Lipinski definition) is 2. The predicted octanol–water partition coefficient (Wildman–Crippen LogP) is 1.27. The number of pyridine rings is 2. The Morgan fingerprint density at radius 1 is 1.32 bits per heavy atom. The van der Waals surface area contributed by atoms with Gasteiger partial charge in [0.25, 0.3) is 11.5 Å². The van der Waals surface area contributed by atoms with Crippen molar-refractivity contribution in [3.63, 3.8) is 0 Å². The minimum absolute atomic E-state index is 0.0795. The Hall–Kier alpha value is -2.89. The third-order valence-electron chi connectivity index (χ3n) is 2.72. The number of carbonyl (C=O) groups is 1. The van der Waals surface area contributed by atoms with E-state index in [4.69, 9.17) is 0 Å². The van der Waals surface area contributed by atoms with Crippen LogP contribution >= 0.6 is 0 Å². The summed E-state index contributed by atoms with van der Waals surface area (Å²) in [4.78, 5) is 25.9. The highest BCUT2D eigenvalue weighted by molar-refractivity contribution is 6.04. The number of nitrogens with zero attached hydrogens (tertiary/aromatic N) is 2. The van der Waals surface area contributed by atoms with E-state index < -0.39 is 11.5 Å². The minimum Gasteiger partial charge on any atom is -0.328 e. The summed E-state index contributed by atoms with van der Waals surface area (Å²) in [6, 6.07) is 8.41. The van der Waals surface area contributed by atoms with Crippen LogP contribution in [0.15, 0.2) is 53.7 Å². The van der Waals surface area contributed by atoms with Crippen LogP contribution in [-0.2, 0) is 0 Å². The van der Waals surface area contributed by atoms with Gasteiger partial charge in [-0.05, 0) is 30.3 Å². The summed E-state index contributed by atoms with van der Waals surface area (Å²) in [7, 11) is 0. The van der Waals surface area contributed by atoms with Crippen LogP contribution in [0.25, 0.3) is 5.52 Å². The number of anilines is 1. The molecular formula is C13H10N4O2. The van der Waals surface area contributed by atoms with Crippen molar-refractivity contribution in [2.24, 2.45) is 0 Å². The Balaban J connectivity index is 1.90. The second-order valence-electron chi connectivity index (χ2n) is 3.98. The maximum Gasteiger partial charge on any atom is 0.261 e. The number of carbonyl (C=O) groups excluding carboxylic acids is 1. The fourth-order valence-electron chi connectivity index (χ4n) is 1.80. The number of amides is 1. The zero-order valence-corrected chi connectivity index (χ0v) is 9.83. The lowest BCUT2D eigenvalue weighted by Gasteiger charge is -2.04. The van der Waals surface area contributed by atoms with Gasteiger partial charge < -0.3 is 10.3 Å². The Morgan fingerprint density at radius 2 is 2.21 bits per heavy atom. The molecule has 0 aromatic carbocycles. The number of fused-ring (bicyclic) bond motifs is 1. The lowest BCUT2D eigenvalue weighted by atomic mass is 10.2. The molecule has 6 nitrogen and oxygen atoms in total. The molecule has 0 aliphatic carbocycles. The van der Waals surface area contributed by atoms with Gasteiger partial charge in [0.05, 0.1) is 5.52 Å². The molecule has 0 fully saturated rings. The molecule has 0 saturated carbocycles. The van der Waals surface area contributed by atoms with Crippen LogP contribution in [0.1, 0.15) is 10.4 Å². The number of hydrogen-bond acceptors (Lipinski definition) is 3. The molecule has 19 heavy (non-hydrogen) atoms. The number of H-pyrrole nitrogens is 1. The fourth-order valence-corrected chi connectivity index (χ4v) is 1.80. The summed E-state index contributed by atoms with van der Waals surface area (Å²) < 4.78 is 1.69. The first-order chi connectivity index (χ1) is 9.24. The third-order valence-corrected chi connectivity index (χ3v) is 2.72. The molecule has 3 aromatic heterocycles. The van der Waals surface area contributed by atoms with Crippen LogP contribution in [-0.4, -0.2) is 20.5 Å². The molecule has 0 unspecified atom stereocenters. The summed E-state index contributed by atoms with van der Waals surface area (Å²) in [6.07, 6.45) is 4.89. The van der Waals surface area contributed by atoms with Crippen molar-refractivity contribution in [1.82, 2.24) is 14.6 Å². The number of aromatic nitrogens is 3. The van der Waals surface area contributed by atoms with Gasteiger partial charge in [0.1, 0.15) is 5.56 Å². The van der Waals surface area contributed by atoms with Crippen molar-refractivity contribution in [2.75, 3.05) is 5.32 Å². The highest BCUT2D eigenvalue weighted by Crippen LogP contribution is 2.12. The number of rotatable bonds is 2. The van der Waals surface area contributed by atoms with Crippen LogP contribution in [0, 0.1) is 0 Å². The molecule has 3 rings (SSSR count). The highest BCUT2D eigenvalue weighted by atomic mass is 16.2. The van der Waals surface area contributed by atoms with E-state index in [1.54, 1.807) is 35.1 Å². The SMILES string of the molecule is O=C(Nc1ccn2nccc2c1)c1ccc[nH]c1=O. The van der Waals surface area contributed by atoms with Crippen molar-refractivity contribution in [2.45, 2.75) is 0 Å². The highest BCUT2D eigenvalue weighted by Gasteiger charge is 2.09. The van der Waals surface area contributed by atoms with Crippen molar-refractivity contribution in [3.8, 4) is 0 Å². The van der Waals surface area contributed by atoms with Gasteiger partial charge in [0.15, 0.2) is 0 Å². The Bertz CT molecular complexity index is 803. The average molecular weight is 254 g/mol. The van der Waals surface area contributed by atoms with Crippen molar-refractivity contribution in [1.29, 1.82) is 0 Å². The molecule has 3 aromatic rings. The normalized spacial score (nSPS) is 10.5. The maximum absolute atomic E-state index is 12.0. The molecular weight excluding hydrogens is 244 g/mol. The standard InChI is InChI=1S/C13H10N4O2/c18-12-11(2-1-5-14-12)13(19)16-9-4-7-17-10(8-9)3-6-15-17/h1-8H,(H,14,18)(H,16,19). The van der Waals surface area contributed by atoms with Gasteiger partial charge in [-0.15, -0.1) is 0 Å². The molecule has 0 aliphatic heterocycles. The van der Waals surface area contributed by atoms with Gasteiger partial charge in [0, 0.05) is 24.3 Å². The van der Waals surface area contributed by atoms with Gasteiger partial charge in [-0.1, -0.05) is 0 Å². The number of nitrogens with one attached hydrogen (secondary N) is 2. The molecule has 0 atom stereocenters. The van der Waals surface area contributed by atoms with Crippen molar-refractivity contribution in [3.05, 3.63) is 64.8 Å². The molecule has 0 radical (unpaired) electrons. The van der Waals surface area contributed by atoms with E-state index in [2.05, 4.69) is 15.4 Å². The molecule has 2 N–H and O–H groups in total. The second-order valence-corrected chi connectivity index (χ2v) is 3.98. The number of aromatic amines is 1. The van der Waals surface area contributed by atoms with E-state index in [9.17, 15) is 9.59 Å². The lowest BCUT2D eigenvalue weighted by Crippen LogP contribution is -2.22. The first-order valence-corrected chi connectivity index (χ1v) is 5.66. The van der Waals surface area contributed by atoms with Crippen LogP contribution in [0.2, 0.25) is 0 Å². The lowest BCUT2D eigenvalue weighted by molar-refractivity contribution is 0.102. The largest absolute Gasteiger partial charge is 0.328 e. The molecule has 6 heteroatoms. The van der Waals surface area contributed by atoms with E-state index in [0.717, 1.165) is 5.52 Å². The molecule has 1 amide bonds. The van der Waals surface area contributed by atoms with E-state index in [1.165, 1.54) is 12.3 Å². The Morgan fingerprint density at radius 3 is 3.05 bits per heavy atom. The first-order valence-electron chi connectivity index (χ1n) is 5.66. The van der Waals surface area contributed by atoms with Crippen LogP contribution < -0.4 is 10.9 Å². The second kappa shape index (κ2) is 4.41. The minimum atomic E-state index is -0.439. The summed E-state index contributed by atoms with van der Waals surface area (Å²) in [6.45, 7) is 0. The molecule has 0 spiro atoms. The smallest absolute Gasteiger partial charge is 0.261 e. The van der Waals surface area contributed by atoms with Gasteiger partial charge in [-0.3, -0.25) is 9.59 Å². The van der Waals surface area contributed by atoms with Gasteiger partial charge >= 0.3 is 0 Å². The van der Waals surface area contributed by atoms with Gasteiger partial charge in [-0.25, -0.2) is 4.52 Å². The van der Waals surface area contributed by atoms with E-state index in [-0.39, 0.29) is 5.56 Å². The van der Waals surface area contributed by atoms with Crippen LogP contribution in [0.5, 0.6) is 0 Å². The Kier molecular flexibility index (Phi) is 2.60. The van der Waals surface area contributed by atoms with E-state index >= 15 is 0 Å². The zero-order chi connectivity index (χ0) is 13.2. The molecule has 0 saturated heterocycles. The van der Waals surface area contributed by atoms with Crippen LogP contribution in [0.4, 0.5) is 5.69 Å². The monoisotopic (exact) mass is 254 g/mol. The van der Waals surface area contributed by atoms with E-state index in [1.807, 2.05) is 6.07 Å². The quantitative estimate of drug-likeness (QED) is 0.722. The molecule has 0 bridgehead atoms. The third kappa shape index (κ3) is 2.11. The Labute approximate surface area is 107 Å². The van der Waals surface area contributed by atoms with E-state index in [0.29, 0.717) is 5.69 Å². The average Bonchev–Trinajstić information content (AvgIpc) is 2.86. The van der Waals surface area contributed by atoms with Crippen molar-refractivity contribution < 1.29 is 4.79 Å². The topological polar surface area (TPSA) is 79.3 Å². The summed E-state index contributed by atoms with van der Waals surface area (Å²) in [5, 5.41) is 6.74. The first kappa shape index (κ1) is 11.2. The predicted molar refractivity (Wildman–Crippen MR) is 70.2 cm³/mol. The summed E-state index contributed by atoms with van der Waals surface area (Å²) in [5.74, 6) is -0.439. The van der Waals surface area contributed by atoms with Crippen LogP contribution in [0.3, 0.4) is 0 Å². The summed E-state index contributed by atoms with van der Waals surface area (Å²) in [5.41, 5.74) is 1.14. The van der Waals surface area contributed by atoms with Gasteiger partial charge in [0.2, 0.25) is 0 Å². The molecule has 3 heterocycles. The van der Waals surface area contributed by atoms with Gasteiger partial charge in [-0.2, -0.15) is 5.10 Å². The molecule has 0 aliphatic rings. The zero-order valence-electron chi connectivity index (χ0n) is 9.83. The molecule has 94 valence electrons. The maximum atomic E-state index is 12.0. The summed E-state index contributed by atoms with van der Waals surface area (Å²) >= 11 is 0. The van der Waals surface area contributed by atoms with Crippen molar-refractivity contribution >= 4 is 17.1 Å².